The minimum Gasteiger partial charge on any atom is -0.289 e. The Hall–Kier alpha value is -2.08. The summed E-state index contributed by atoms with van der Waals surface area (Å²) in [5.74, 6) is -0.143. The van der Waals surface area contributed by atoms with Crippen molar-refractivity contribution in [1.29, 1.82) is 0 Å². The van der Waals surface area contributed by atoms with Gasteiger partial charge in [-0.15, -0.1) is 10.2 Å². The molecule has 0 aliphatic carbocycles. The Balaban J connectivity index is 2.23. The molecule has 0 aromatic carbocycles. The van der Waals surface area contributed by atoms with Crippen molar-refractivity contribution < 1.29 is 4.79 Å². The number of amides is 1. The van der Waals surface area contributed by atoms with Gasteiger partial charge in [0.1, 0.15) is 5.15 Å². The third-order valence-corrected chi connectivity index (χ3v) is 3.11. The topological polar surface area (TPSA) is 80.7 Å². The molecule has 0 fully saturated rings. The van der Waals surface area contributed by atoms with Crippen LogP contribution in [0, 0.1) is 6.92 Å². The molecule has 0 atom stereocenters. The monoisotopic (exact) mass is 305 g/mol. The summed E-state index contributed by atoms with van der Waals surface area (Å²) in [5, 5.41) is 10.9. The highest BCUT2D eigenvalue weighted by molar-refractivity contribution is 6.29. The fourth-order valence-corrected chi connectivity index (χ4v) is 2.17. The average Bonchev–Trinajstić information content (AvgIpc) is 2.46. The normalized spacial score (nSPS) is 10.5. The largest absolute Gasteiger partial charge is 0.289 e. The van der Waals surface area contributed by atoms with Crippen LogP contribution in [0.5, 0.6) is 0 Å². The van der Waals surface area contributed by atoms with E-state index in [1.54, 1.807) is 13.0 Å². The Morgan fingerprint density at radius 2 is 1.86 bits per heavy atom. The smallest absolute Gasteiger partial charge is 0.258 e. The van der Waals surface area contributed by atoms with E-state index in [4.69, 9.17) is 11.6 Å². The van der Waals surface area contributed by atoms with Gasteiger partial charge in [-0.2, -0.15) is 0 Å². The first-order chi connectivity index (χ1) is 10.0. The van der Waals surface area contributed by atoms with Crippen LogP contribution in [0.1, 0.15) is 41.3 Å². The summed E-state index contributed by atoms with van der Waals surface area (Å²) in [7, 11) is 0. The second-order valence-electron chi connectivity index (χ2n) is 4.51. The number of anilines is 1. The predicted octanol–water partition coefficient (Wildman–Crippen LogP) is 2.61. The van der Waals surface area contributed by atoms with Gasteiger partial charge in [0.05, 0.1) is 11.4 Å². The fourth-order valence-electron chi connectivity index (χ4n) is 1.92. The maximum atomic E-state index is 12.2. The van der Waals surface area contributed by atoms with E-state index in [0.29, 0.717) is 11.3 Å². The van der Waals surface area contributed by atoms with E-state index >= 15 is 0 Å². The van der Waals surface area contributed by atoms with Gasteiger partial charge in [-0.05, 0) is 31.9 Å². The summed E-state index contributed by atoms with van der Waals surface area (Å²) in [5.41, 5.74) is 2.76. The van der Waals surface area contributed by atoms with Gasteiger partial charge in [0.15, 0.2) is 0 Å². The second-order valence-corrected chi connectivity index (χ2v) is 4.90. The molecular formula is C14H16ClN5O. The van der Waals surface area contributed by atoms with Crippen LogP contribution in [-0.2, 0) is 12.8 Å². The first-order valence-electron chi connectivity index (χ1n) is 6.71. The van der Waals surface area contributed by atoms with Crippen molar-refractivity contribution in [1.82, 2.24) is 20.2 Å². The zero-order valence-electron chi connectivity index (χ0n) is 12.1. The lowest BCUT2D eigenvalue weighted by atomic mass is 10.2. The van der Waals surface area contributed by atoms with E-state index in [2.05, 4.69) is 25.5 Å². The van der Waals surface area contributed by atoms with Crippen molar-refractivity contribution in [3.8, 4) is 0 Å². The first-order valence-corrected chi connectivity index (χ1v) is 7.09. The van der Waals surface area contributed by atoms with Crippen LogP contribution in [0.3, 0.4) is 0 Å². The minimum absolute atomic E-state index is 0.194. The molecule has 2 aromatic heterocycles. The predicted molar refractivity (Wildman–Crippen MR) is 80.5 cm³/mol. The lowest BCUT2D eigenvalue weighted by Gasteiger charge is -2.07. The highest BCUT2D eigenvalue weighted by Gasteiger charge is 2.12. The first kappa shape index (κ1) is 15.3. The van der Waals surface area contributed by atoms with Crippen LogP contribution in [0.4, 0.5) is 5.95 Å². The molecule has 21 heavy (non-hydrogen) atoms. The van der Waals surface area contributed by atoms with Crippen LogP contribution >= 0.6 is 11.6 Å². The highest BCUT2D eigenvalue weighted by Crippen LogP contribution is 2.12. The molecule has 0 spiro atoms. The lowest BCUT2D eigenvalue weighted by molar-refractivity contribution is 0.102. The molecule has 7 heteroatoms. The summed E-state index contributed by atoms with van der Waals surface area (Å²) >= 11 is 5.85. The van der Waals surface area contributed by atoms with E-state index in [9.17, 15) is 4.79 Å². The Morgan fingerprint density at radius 1 is 1.14 bits per heavy atom. The number of rotatable bonds is 4. The molecule has 0 bridgehead atoms. The van der Waals surface area contributed by atoms with Crippen LogP contribution in [0.2, 0.25) is 5.15 Å². The van der Waals surface area contributed by atoms with E-state index in [1.807, 2.05) is 13.8 Å². The molecule has 0 radical (unpaired) electrons. The molecule has 2 aromatic rings. The Labute approximate surface area is 128 Å². The number of halogens is 1. The molecule has 0 saturated carbocycles. The zero-order chi connectivity index (χ0) is 15.4. The number of nitrogens with zero attached hydrogens (tertiary/aromatic N) is 4. The fraction of sp³-hybridized carbons (Fsp3) is 0.357. The molecule has 0 aliphatic heterocycles. The van der Waals surface area contributed by atoms with Crippen molar-refractivity contribution in [2.24, 2.45) is 0 Å². The molecule has 2 rings (SSSR count). The molecule has 2 heterocycles. The summed E-state index contributed by atoms with van der Waals surface area (Å²) < 4.78 is 0. The van der Waals surface area contributed by atoms with Crippen molar-refractivity contribution in [2.75, 3.05) is 5.32 Å². The summed E-state index contributed by atoms with van der Waals surface area (Å²) in [6, 6.07) is 3.15. The molecule has 0 unspecified atom stereocenters. The molecule has 0 saturated heterocycles. The number of carbonyl (C=O) groups is 1. The third-order valence-electron chi connectivity index (χ3n) is 2.92. The highest BCUT2D eigenvalue weighted by atomic mass is 35.5. The van der Waals surface area contributed by atoms with Gasteiger partial charge in [-0.1, -0.05) is 25.4 Å². The average molecular weight is 306 g/mol. The molecular weight excluding hydrogens is 290 g/mol. The SMILES string of the molecule is CCc1nnc(NC(=O)c2cc(C)nc(Cl)c2)nc1CC. The van der Waals surface area contributed by atoms with Crippen LogP contribution in [0.15, 0.2) is 12.1 Å². The van der Waals surface area contributed by atoms with Gasteiger partial charge in [0, 0.05) is 11.3 Å². The minimum atomic E-state index is -0.337. The summed E-state index contributed by atoms with van der Waals surface area (Å²) in [6.45, 7) is 5.75. The van der Waals surface area contributed by atoms with Crippen molar-refractivity contribution in [2.45, 2.75) is 33.6 Å². The Bertz CT molecular complexity index is 654. The second kappa shape index (κ2) is 6.58. The molecule has 1 amide bonds. The number of carbonyl (C=O) groups excluding carboxylic acids is 1. The van der Waals surface area contributed by atoms with Gasteiger partial charge in [-0.25, -0.2) is 9.97 Å². The van der Waals surface area contributed by atoms with Crippen molar-refractivity contribution in [3.63, 3.8) is 0 Å². The summed E-state index contributed by atoms with van der Waals surface area (Å²) in [6.07, 6.45) is 1.50. The van der Waals surface area contributed by atoms with Crippen LogP contribution in [0.25, 0.3) is 0 Å². The van der Waals surface area contributed by atoms with E-state index in [1.165, 1.54) is 6.07 Å². The molecule has 0 aliphatic rings. The number of hydrogen-bond acceptors (Lipinski definition) is 5. The van der Waals surface area contributed by atoms with Gasteiger partial charge in [-0.3, -0.25) is 10.1 Å². The van der Waals surface area contributed by atoms with Crippen molar-refractivity contribution >= 4 is 23.5 Å². The van der Waals surface area contributed by atoms with E-state index < -0.39 is 0 Å². The number of hydrogen-bond donors (Lipinski definition) is 1. The number of aromatic nitrogens is 4. The van der Waals surface area contributed by atoms with E-state index in [-0.39, 0.29) is 17.0 Å². The lowest BCUT2D eigenvalue weighted by Crippen LogP contribution is -2.17. The number of pyridine rings is 1. The van der Waals surface area contributed by atoms with Gasteiger partial charge >= 0.3 is 0 Å². The third kappa shape index (κ3) is 3.72. The maximum Gasteiger partial charge on any atom is 0.258 e. The standard InChI is InChI=1S/C14H16ClN5O/c1-4-10-11(5-2)19-20-14(17-10)18-13(21)9-6-8(3)16-12(15)7-9/h6-7H,4-5H2,1-3H3,(H,17,18,20,21). The van der Waals surface area contributed by atoms with Crippen LogP contribution in [-0.4, -0.2) is 26.1 Å². The molecule has 6 nitrogen and oxygen atoms in total. The van der Waals surface area contributed by atoms with Crippen LogP contribution < -0.4 is 5.32 Å². The zero-order valence-corrected chi connectivity index (χ0v) is 12.9. The molecule has 1 N–H and O–H groups in total. The van der Waals surface area contributed by atoms with Gasteiger partial charge in [0.25, 0.3) is 5.91 Å². The Kier molecular flexibility index (Phi) is 4.80. The molecule has 110 valence electrons. The van der Waals surface area contributed by atoms with Gasteiger partial charge < -0.3 is 0 Å². The maximum absolute atomic E-state index is 12.2. The quantitative estimate of drug-likeness (QED) is 0.878. The summed E-state index contributed by atoms with van der Waals surface area (Å²) in [4.78, 5) is 20.5. The number of nitrogens with one attached hydrogen (secondary N) is 1. The number of aryl methyl sites for hydroxylation is 3. The van der Waals surface area contributed by atoms with E-state index in [0.717, 1.165) is 24.2 Å². The Morgan fingerprint density at radius 3 is 2.48 bits per heavy atom. The van der Waals surface area contributed by atoms with Crippen molar-refractivity contribution in [3.05, 3.63) is 39.9 Å². The van der Waals surface area contributed by atoms with Gasteiger partial charge in [0.2, 0.25) is 5.95 Å².